The van der Waals surface area contributed by atoms with Gasteiger partial charge in [0.2, 0.25) is 0 Å². The van der Waals surface area contributed by atoms with E-state index in [0.717, 1.165) is 18.2 Å². The van der Waals surface area contributed by atoms with Crippen molar-refractivity contribution in [3.63, 3.8) is 0 Å². The fourth-order valence-corrected chi connectivity index (χ4v) is 0.637. The van der Waals surface area contributed by atoms with Gasteiger partial charge in [-0.25, -0.2) is 13.6 Å². The lowest BCUT2D eigenvalue weighted by Crippen LogP contribution is -2.02. The summed E-state index contributed by atoms with van der Waals surface area (Å²) in [5, 5.41) is 0. The average molecular weight is 142 g/mol. The van der Waals surface area contributed by atoms with Crippen LogP contribution in [0.3, 0.4) is 0 Å². The molecule has 0 fully saturated rings. The summed E-state index contributed by atoms with van der Waals surface area (Å²) < 4.78 is 24.6. The van der Waals surface area contributed by atoms with Gasteiger partial charge < -0.3 is 0 Å². The molecule has 0 aliphatic heterocycles. The Morgan fingerprint density at radius 1 is 1.50 bits per heavy atom. The maximum Gasteiger partial charge on any atom is 0.157 e. The van der Waals surface area contributed by atoms with Gasteiger partial charge in [-0.15, -0.1) is 0 Å². The van der Waals surface area contributed by atoms with Gasteiger partial charge in [-0.3, -0.25) is 0 Å². The minimum atomic E-state index is -1.64. The Morgan fingerprint density at radius 3 is 2.70 bits per heavy atom. The van der Waals surface area contributed by atoms with Crippen molar-refractivity contribution in [3.8, 4) is 0 Å². The van der Waals surface area contributed by atoms with Crippen LogP contribution in [0.15, 0.2) is 29.6 Å². The fourth-order valence-electron chi connectivity index (χ4n) is 0.637. The van der Waals surface area contributed by atoms with Crippen LogP contribution in [0.25, 0.3) is 0 Å². The zero-order chi connectivity index (χ0) is 7.56. The van der Waals surface area contributed by atoms with Crippen LogP contribution in [0, 0.1) is 0 Å². The van der Waals surface area contributed by atoms with Gasteiger partial charge in [0.25, 0.3) is 0 Å². The highest BCUT2D eigenvalue weighted by atomic mass is 19.1. The van der Waals surface area contributed by atoms with Crippen molar-refractivity contribution >= 4 is 5.94 Å². The van der Waals surface area contributed by atoms with E-state index in [4.69, 9.17) is 0 Å². The van der Waals surface area contributed by atoms with Crippen LogP contribution < -0.4 is 0 Å². The minimum Gasteiger partial charge on any atom is -0.237 e. The Balaban J connectivity index is 2.95. The topological polar surface area (TPSA) is 17.1 Å². The van der Waals surface area contributed by atoms with E-state index in [1.807, 2.05) is 0 Å². The van der Waals surface area contributed by atoms with E-state index in [9.17, 15) is 13.6 Å². The molecule has 3 heteroatoms. The summed E-state index contributed by atoms with van der Waals surface area (Å²) in [4.78, 5) is 9.87. The van der Waals surface area contributed by atoms with Gasteiger partial charge in [-0.05, 0) is 18.2 Å². The first kappa shape index (κ1) is 6.90. The maximum atomic E-state index is 12.4. The van der Waals surface area contributed by atoms with Gasteiger partial charge in [0.1, 0.15) is 11.8 Å². The van der Waals surface area contributed by atoms with E-state index in [2.05, 4.69) is 0 Å². The van der Waals surface area contributed by atoms with Gasteiger partial charge in [-0.2, -0.15) is 0 Å². The zero-order valence-corrected chi connectivity index (χ0v) is 4.97. The van der Waals surface area contributed by atoms with Crippen LogP contribution in [-0.2, 0) is 4.79 Å². The van der Waals surface area contributed by atoms with E-state index in [1.165, 1.54) is 5.94 Å². The van der Waals surface area contributed by atoms with Gasteiger partial charge in [0.05, 0.1) is 5.57 Å². The standard InChI is InChI=1S/C7H4F2O/c8-6-2-1-5(4-10)7(9)3-6/h1-3,7H. The average Bonchev–Trinajstić information content (AvgIpc) is 1.88. The maximum absolute atomic E-state index is 12.4. The molecule has 1 unspecified atom stereocenters. The number of alkyl halides is 1. The van der Waals surface area contributed by atoms with Crippen LogP contribution in [0.2, 0.25) is 0 Å². The first-order valence-electron chi connectivity index (χ1n) is 2.68. The van der Waals surface area contributed by atoms with E-state index < -0.39 is 12.0 Å². The van der Waals surface area contributed by atoms with Crippen LogP contribution in [0.1, 0.15) is 0 Å². The summed E-state index contributed by atoms with van der Waals surface area (Å²) in [7, 11) is 0. The van der Waals surface area contributed by atoms with E-state index in [-0.39, 0.29) is 5.57 Å². The molecule has 1 atom stereocenters. The predicted octanol–water partition coefficient (Wildman–Crippen LogP) is 1.51. The number of hydrogen-bond donors (Lipinski definition) is 0. The van der Waals surface area contributed by atoms with Gasteiger partial charge >= 0.3 is 0 Å². The Hall–Kier alpha value is -1.21. The molecule has 1 rings (SSSR count). The highest BCUT2D eigenvalue weighted by molar-refractivity contribution is 5.61. The van der Waals surface area contributed by atoms with Crippen molar-refractivity contribution in [1.82, 2.24) is 0 Å². The Morgan fingerprint density at radius 2 is 2.20 bits per heavy atom. The molecule has 0 saturated carbocycles. The summed E-state index contributed by atoms with van der Waals surface area (Å²) in [5.74, 6) is 0.707. The van der Waals surface area contributed by atoms with E-state index >= 15 is 0 Å². The highest BCUT2D eigenvalue weighted by Crippen LogP contribution is 2.17. The molecule has 0 amide bonds. The molecule has 0 bridgehead atoms. The SMILES string of the molecule is O=C=C1C=CC(F)=CC1F. The minimum absolute atomic E-state index is 0.165. The van der Waals surface area contributed by atoms with Crippen molar-refractivity contribution in [2.75, 3.05) is 0 Å². The monoisotopic (exact) mass is 142 g/mol. The third-order valence-electron chi connectivity index (χ3n) is 1.14. The fraction of sp³-hybridized carbons (Fsp3) is 0.143. The molecule has 0 aromatic rings. The third-order valence-corrected chi connectivity index (χ3v) is 1.14. The predicted molar refractivity (Wildman–Crippen MR) is 32.4 cm³/mol. The Labute approximate surface area is 56.3 Å². The summed E-state index contributed by atoms with van der Waals surface area (Å²) in [6.45, 7) is 0. The number of hydrogen-bond acceptors (Lipinski definition) is 1. The number of halogens is 2. The number of allylic oxidation sites excluding steroid dienone is 5. The van der Waals surface area contributed by atoms with Crippen molar-refractivity contribution < 1.29 is 13.6 Å². The molecule has 1 aliphatic rings. The highest BCUT2D eigenvalue weighted by Gasteiger charge is 2.13. The summed E-state index contributed by atoms with van der Waals surface area (Å²) in [6, 6.07) is 0. The molecule has 0 N–H and O–H groups in total. The second-order valence-corrected chi connectivity index (χ2v) is 1.84. The molecule has 0 aromatic carbocycles. The van der Waals surface area contributed by atoms with E-state index in [0.29, 0.717) is 0 Å². The molecule has 0 spiro atoms. The van der Waals surface area contributed by atoms with Crippen molar-refractivity contribution in [2.45, 2.75) is 6.17 Å². The van der Waals surface area contributed by atoms with Crippen molar-refractivity contribution in [1.29, 1.82) is 0 Å². The van der Waals surface area contributed by atoms with Gasteiger partial charge in [0, 0.05) is 0 Å². The lowest BCUT2D eigenvalue weighted by atomic mass is 10.1. The molecule has 0 heterocycles. The summed E-state index contributed by atoms with van der Waals surface area (Å²) in [5.41, 5.74) is -0.165. The summed E-state index contributed by atoms with van der Waals surface area (Å²) in [6.07, 6.45) is 1.19. The first-order chi connectivity index (χ1) is 4.74. The largest absolute Gasteiger partial charge is 0.237 e. The molecule has 1 aliphatic carbocycles. The lowest BCUT2D eigenvalue weighted by Gasteiger charge is -2.03. The molecule has 0 radical (unpaired) electrons. The molecule has 1 nitrogen and oxygen atoms in total. The lowest BCUT2D eigenvalue weighted by molar-refractivity contribution is 0.443. The van der Waals surface area contributed by atoms with Crippen LogP contribution >= 0.6 is 0 Å². The Kier molecular flexibility index (Phi) is 1.78. The third kappa shape index (κ3) is 1.20. The first-order valence-corrected chi connectivity index (χ1v) is 2.68. The molecule has 0 aromatic heterocycles. The number of carbonyl (C=O) groups excluding carboxylic acids is 1. The normalized spacial score (nSPS) is 24.0. The van der Waals surface area contributed by atoms with Crippen molar-refractivity contribution in [3.05, 3.63) is 29.6 Å². The zero-order valence-electron chi connectivity index (χ0n) is 4.97. The Bertz CT molecular complexity index is 246. The quantitative estimate of drug-likeness (QED) is 0.468. The molecule has 52 valence electrons. The summed E-state index contributed by atoms with van der Waals surface area (Å²) >= 11 is 0. The molecular weight excluding hydrogens is 138 g/mol. The number of rotatable bonds is 0. The molecule has 10 heavy (non-hydrogen) atoms. The second kappa shape index (κ2) is 2.58. The van der Waals surface area contributed by atoms with Crippen molar-refractivity contribution in [2.24, 2.45) is 0 Å². The van der Waals surface area contributed by atoms with Crippen LogP contribution in [0.4, 0.5) is 8.78 Å². The second-order valence-electron chi connectivity index (χ2n) is 1.84. The smallest absolute Gasteiger partial charge is 0.157 e. The van der Waals surface area contributed by atoms with Crippen LogP contribution in [-0.4, -0.2) is 12.1 Å². The van der Waals surface area contributed by atoms with E-state index in [1.54, 1.807) is 0 Å². The van der Waals surface area contributed by atoms with Gasteiger partial charge in [-0.1, -0.05) is 0 Å². The molecular formula is C7H4F2O. The molecule has 0 saturated heterocycles. The van der Waals surface area contributed by atoms with Crippen LogP contribution in [0.5, 0.6) is 0 Å². The van der Waals surface area contributed by atoms with Gasteiger partial charge in [0.15, 0.2) is 6.17 Å².